The minimum absolute atomic E-state index is 0.0513. The lowest BCUT2D eigenvalue weighted by molar-refractivity contribution is 0.0520. The summed E-state index contributed by atoms with van der Waals surface area (Å²) < 4.78 is 18.7. The molecule has 0 saturated carbocycles. The second kappa shape index (κ2) is 5.28. The van der Waals surface area contributed by atoms with Gasteiger partial charge in [0.25, 0.3) is 0 Å². The molecule has 1 N–H and O–H groups in total. The standard InChI is InChI=1S/C14H11FN4O2/c1-2-21-14(20)13-12(17-19-18-13)9-5-6-10(15)8-4-3-7-16-11(8)9/h3-7H,2H2,1H3,(H,17,18,19). The van der Waals surface area contributed by atoms with Gasteiger partial charge in [0.2, 0.25) is 0 Å². The van der Waals surface area contributed by atoms with Crippen LogP contribution < -0.4 is 0 Å². The Morgan fingerprint density at radius 2 is 2.19 bits per heavy atom. The van der Waals surface area contributed by atoms with Gasteiger partial charge in [-0.25, -0.2) is 9.18 Å². The molecule has 0 unspecified atom stereocenters. The minimum Gasteiger partial charge on any atom is -0.461 e. The van der Waals surface area contributed by atoms with Gasteiger partial charge in [-0.2, -0.15) is 10.3 Å². The van der Waals surface area contributed by atoms with E-state index in [1.807, 2.05) is 0 Å². The molecule has 0 bridgehead atoms. The average Bonchev–Trinajstić information content (AvgIpc) is 2.97. The van der Waals surface area contributed by atoms with E-state index in [0.717, 1.165) is 0 Å². The molecule has 0 fully saturated rings. The molecule has 6 nitrogen and oxygen atoms in total. The summed E-state index contributed by atoms with van der Waals surface area (Å²) in [6.07, 6.45) is 1.55. The van der Waals surface area contributed by atoms with Crippen molar-refractivity contribution in [2.75, 3.05) is 6.61 Å². The summed E-state index contributed by atoms with van der Waals surface area (Å²) >= 11 is 0. The number of pyridine rings is 1. The van der Waals surface area contributed by atoms with Crippen LogP contribution in [0.2, 0.25) is 0 Å². The summed E-state index contributed by atoms with van der Waals surface area (Å²) in [7, 11) is 0. The van der Waals surface area contributed by atoms with Crippen molar-refractivity contribution >= 4 is 16.9 Å². The first-order valence-corrected chi connectivity index (χ1v) is 6.34. The van der Waals surface area contributed by atoms with Crippen LogP contribution in [0.3, 0.4) is 0 Å². The number of carbonyl (C=O) groups is 1. The van der Waals surface area contributed by atoms with Crippen molar-refractivity contribution in [3.8, 4) is 11.3 Å². The molecule has 3 rings (SSSR count). The Hall–Kier alpha value is -2.83. The van der Waals surface area contributed by atoms with E-state index >= 15 is 0 Å². The third kappa shape index (κ3) is 2.22. The van der Waals surface area contributed by atoms with Crippen molar-refractivity contribution in [1.82, 2.24) is 20.4 Å². The van der Waals surface area contributed by atoms with E-state index < -0.39 is 5.97 Å². The highest BCUT2D eigenvalue weighted by molar-refractivity contribution is 6.00. The summed E-state index contributed by atoms with van der Waals surface area (Å²) in [4.78, 5) is 16.0. The third-order valence-electron chi connectivity index (χ3n) is 2.99. The Balaban J connectivity index is 2.21. The number of nitrogens with zero attached hydrogens (tertiary/aromatic N) is 3. The molecule has 0 aliphatic carbocycles. The van der Waals surface area contributed by atoms with Gasteiger partial charge in [-0.1, -0.05) is 0 Å². The molecule has 106 valence electrons. The summed E-state index contributed by atoms with van der Waals surface area (Å²) in [6.45, 7) is 1.93. The molecule has 2 heterocycles. The van der Waals surface area contributed by atoms with Gasteiger partial charge in [0.05, 0.1) is 12.1 Å². The second-order valence-electron chi connectivity index (χ2n) is 4.24. The molecule has 7 heteroatoms. The largest absolute Gasteiger partial charge is 0.461 e. The number of aromatic nitrogens is 4. The summed E-state index contributed by atoms with van der Waals surface area (Å²) in [6, 6.07) is 6.09. The molecule has 1 aromatic carbocycles. The van der Waals surface area contributed by atoms with E-state index in [1.165, 1.54) is 12.1 Å². The van der Waals surface area contributed by atoms with Gasteiger partial charge in [-0.05, 0) is 31.2 Å². The van der Waals surface area contributed by atoms with Crippen LogP contribution in [0, 0.1) is 5.82 Å². The average molecular weight is 286 g/mol. The monoisotopic (exact) mass is 286 g/mol. The highest BCUT2D eigenvalue weighted by Crippen LogP contribution is 2.29. The molecule has 0 radical (unpaired) electrons. The van der Waals surface area contributed by atoms with Gasteiger partial charge in [0.15, 0.2) is 5.69 Å². The van der Waals surface area contributed by atoms with Crippen LogP contribution in [-0.2, 0) is 4.74 Å². The van der Waals surface area contributed by atoms with E-state index in [1.54, 1.807) is 25.3 Å². The summed E-state index contributed by atoms with van der Waals surface area (Å²) in [5, 5.41) is 10.5. The summed E-state index contributed by atoms with van der Waals surface area (Å²) in [5.41, 5.74) is 1.27. The topological polar surface area (TPSA) is 80.8 Å². The molecule has 0 saturated heterocycles. The van der Waals surface area contributed by atoms with Crippen molar-refractivity contribution in [3.63, 3.8) is 0 Å². The lowest BCUT2D eigenvalue weighted by Gasteiger charge is -2.05. The fourth-order valence-electron chi connectivity index (χ4n) is 2.09. The predicted molar refractivity (Wildman–Crippen MR) is 73.0 cm³/mol. The first kappa shape index (κ1) is 13.2. The number of esters is 1. The van der Waals surface area contributed by atoms with Crippen LogP contribution in [0.25, 0.3) is 22.2 Å². The van der Waals surface area contributed by atoms with E-state index in [4.69, 9.17) is 4.74 Å². The molecular weight excluding hydrogens is 275 g/mol. The highest BCUT2D eigenvalue weighted by Gasteiger charge is 2.21. The molecule has 0 atom stereocenters. The number of fused-ring (bicyclic) bond motifs is 1. The van der Waals surface area contributed by atoms with Gasteiger partial charge in [-0.15, -0.1) is 5.10 Å². The van der Waals surface area contributed by atoms with Gasteiger partial charge in [0.1, 0.15) is 11.5 Å². The Morgan fingerprint density at radius 1 is 1.33 bits per heavy atom. The van der Waals surface area contributed by atoms with Gasteiger partial charge in [0, 0.05) is 17.1 Å². The van der Waals surface area contributed by atoms with Crippen molar-refractivity contribution in [3.05, 3.63) is 42.0 Å². The van der Waals surface area contributed by atoms with Crippen molar-refractivity contribution in [2.24, 2.45) is 0 Å². The summed E-state index contributed by atoms with van der Waals surface area (Å²) in [5.74, 6) is -0.974. The number of benzene rings is 1. The lowest BCUT2D eigenvalue weighted by Crippen LogP contribution is -2.07. The van der Waals surface area contributed by atoms with Crippen LogP contribution in [0.1, 0.15) is 17.4 Å². The first-order chi connectivity index (χ1) is 10.2. The number of H-pyrrole nitrogens is 1. The third-order valence-corrected chi connectivity index (χ3v) is 2.99. The number of carbonyl (C=O) groups excluding carboxylic acids is 1. The van der Waals surface area contributed by atoms with Crippen molar-refractivity contribution < 1.29 is 13.9 Å². The molecular formula is C14H11FN4O2. The van der Waals surface area contributed by atoms with Crippen molar-refractivity contribution in [1.29, 1.82) is 0 Å². The minimum atomic E-state index is -0.588. The number of hydrogen-bond donors (Lipinski definition) is 1. The Kier molecular flexibility index (Phi) is 3.31. The molecule has 0 aliphatic rings. The van der Waals surface area contributed by atoms with Gasteiger partial charge in [-0.3, -0.25) is 4.98 Å². The van der Waals surface area contributed by atoms with Gasteiger partial charge >= 0.3 is 5.97 Å². The Morgan fingerprint density at radius 3 is 3.00 bits per heavy atom. The fourth-order valence-corrected chi connectivity index (χ4v) is 2.09. The normalized spacial score (nSPS) is 10.8. The maximum atomic E-state index is 13.8. The van der Waals surface area contributed by atoms with E-state index in [0.29, 0.717) is 16.5 Å². The maximum absolute atomic E-state index is 13.8. The number of hydrogen-bond acceptors (Lipinski definition) is 5. The number of aromatic amines is 1. The lowest BCUT2D eigenvalue weighted by atomic mass is 10.1. The highest BCUT2D eigenvalue weighted by atomic mass is 19.1. The fraction of sp³-hybridized carbons (Fsp3) is 0.143. The maximum Gasteiger partial charge on any atom is 0.361 e. The van der Waals surface area contributed by atoms with E-state index in [2.05, 4.69) is 20.4 Å². The molecule has 0 aliphatic heterocycles. The number of rotatable bonds is 3. The van der Waals surface area contributed by atoms with Gasteiger partial charge < -0.3 is 4.74 Å². The Bertz CT molecular complexity index is 816. The molecule has 0 amide bonds. The van der Waals surface area contributed by atoms with Crippen LogP contribution in [0.4, 0.5) is 4.39 Å². The van der Waals surface area contributed by atoms with E-state index in [-0.39, 0.29) is 23.8 Å². The molecule has 2 aromatic heterocycles. The molecule has 21 heavy (non-hydrogen) atoms. The zero-order chi connectivity index (χ0) is 14.8. The predicted octanol–water partition coefficient (Wildman–Crippen LogP) is 2.34. The van der Waals surface area contributed by atoms with Crippen LogP contribution >= 0.6 is 0 Å². The first-order valence-electron chi connectivity index (χ1n) is 6.34. The number of halogens is 1. The SMILES string of the molecule is CCOC(=O)c1n[nH]nc1-c1ccc(F)c2cccnc12. The zero-order valence-electron chi connectivity index (χ0n) is 11.1. The second-order valence-corrected chi connectivity index (χ2v) is 4.24. The van der Waals surface area contributed by atoms with Crippen LogP contribution in [0.15, 0.2) is 30.5 Å². The Labute approximate surface area is 119 Å². The quantitative estimate of drug-likeness (QED) is 0.747. The van der Waals surface area contributed by atoms with Crippen LogP contribution in [0.5, 0.6) is 0 Å². The molecule has 0 spiro atoms. The number of ether oxygens (including phenoxy) is 1. The smallest absolute Gasteiger partial charge is 0.361 e. The van der Waals surface area contributed by atoms with Crippen LogP contribution in [-0.4, -0.2) is 33.0 Å². The van der Waals surface area contributed by atoms with Crippen molar-refractivity contribution in [2.45, 2.75) is 6.92 Å². The number of nitrogens with one attached hydrogen (secondary N) is 1. The zero-order valence-corrected chi connectivity index (χ0v) is 11.1. The molecule has 3 aromatic rings. The van der Waals surface area contributed by atoms with E-state index in [9.17, 15) is 9.18 Å².